The first kappa shape index (κ1) is 15.9. The maximum atomic E-state index is 5.23. The Morgan fingerprint density at radius 3 is 2.57 bits per heavy atom. The highest BCUT2D eigenvalue weighted by Crippen LogP contribution is 2.25. The molecule has 0 aliphatic heterocycles. The van der Waals surface area contributed by atoms with Gasteiger partial charge in [-0.1, -0.05) is 39.0 Å². The molecule has 0 unspecified atom stereocenters. The van der Waals surface area contributed by atoms with Crippen LogP contribution >= 0.6 is 15.9 Å². The zero-order valence-electron chi connectivity index (χ0n) is 12.8. The Morgan fingerprint density at radius 2 is 1.90 bits per heavy atom. The number of methoxy groups -OCH3 is 1. The predicted octanol–water partition coefficient (Wildman–Crippen LogP) is 4.43. The Labute approximate surface area is 134 Å². The molecular formula is C16H20BrN3O. The van der Waals surface area contributed by atoms with Gasteiger partial charge in [-0.25, -0.2) is 9.97 Å². The molecule has 2 rings (SSSR count). The molecule has 5 heteroatoms. The highest BCUT2D eigenvalue weighted by molar-refractivity contribution is 9.10. The lowest BCUT2D eigenvalue weighted by Gasteiger charge is -2.18. The van der Waals surface area contributed by atoms with Crippen LogP contribution in [-0.4, -0.2) is 17.1 Å². The summed E-state index contributed by atoms with van der Waals surface area (Å²) in [7, 11) is 1.69. The molecular weight excluding hydrogens is 330 g/mol. The topological polar surface area (TPSA) is 47.0 Å². The van der Waals surface area contributed by atoms with Crippen molar-refractivity contribution in [1.29, 1.82) is 0 Å². The Morgan fingerprint density at radius 1 is 1.19 bits per heavy atom. The van der Waals surface area contributed by atoms with Crippen LogP contribution in [0.1, 0.15) is 32.2 Å². The number of para-hydroxylation sites is 1. The van der Waals surface area contributed by atoms with Crippen LogP contribution in [0, 0.1) is 0 Å². The maximum absolute atomic E-state index is 5.23. The highest BCUT2D eigenvalue weighted by atomic mass is 79.9. The number of hydrogen-bond acceptors (Lipinski definition) is 4. The summed E-state index contributed by atoms with van der Waals surface area (Å²) in [5.41, 5.74) is 1.98. The summed E-state index contributed by atoms with van der Waals surface area (Å²) in [6, 6.07) is 9.91. The molecule has 0 fully saturated rings. The number of ether oxygens (including phenoxy) is 1. The quantitative estimate of drug-likeness (QED) is 0.829. The molecule has 0 bridgehead atoms. The van der Waals surface area contributed by atoms with Crippen LogP contribution in [0.5, 0.6) is 0 Å². The second-order valence-corrected chi connectivity index (χ2v) is 6.68. The van der Waals surface area contributed by atoms with Gasteiger partial charge in [-0.15, -0.1) is 0 Å². The number of rotatable bonds is 4. The van der Waals surface area contributed by atoms with E-state index in [-0.39, 0.29) is 5.41 Å². The van der Waals surface area contributed by atoms with Crippen molar-refractivity contribution in [2.45, 2.75) is 32.8 Å². The van der Waals surface area contributed by atoms with Gasteiger partial charge in [0.1, 0.15) is 16.2 Å². The second-order valence-electron chi connectivity index (χ2n) is 5.86. The minimum Gasteiger partial charge on any atom is -0.380 e. The zero-order chi connectivity index (χ0) is 15.5. The fraction of sp³-hybridized carbons (Fsp3) is 0.375. The molecule has 0 saturated carbocycles. The van der Waals surface area contributed by atoms with Crippen LogP contribution in [0.15, 0.2) is 34.9 Å². The Kier molecular flexibility index (Phi) is 4.96. The zero-order valence-corrected chi connectivity index (χ0v) is 14.4. The number of hydrogen-bond donors (Lipinski definition) is 1. The number of anilines is 2. The number of nitrogens with one attached hydrogen (secondary N) is 1. The largest absolute Gasteiger partial charge is 0.380 e. The van der Waals surface area contributed by atoms with Crippen LogP contribution in [-0.2, 0) is 16.8 Å². The average molecular weight is 350 g/mol. The fourth-order valence-corrected chi connectivity index (χ4v) is 2.26. The molecule has 2 aromatic rings. The van der Waals surface area contributed by atoms with Gasteiger partial charge in [0, 0.05) is 29.8 Å². The van der Waals surface area contributed by atoms with Crippen LogP contribution in [0.3, 0.4) is 0 Å². The maximum Gasteiger partial charge on any atom is 0.137 e. The van der Waals surface area contributed by atoms with E-state index < -0.39 is 0 Å². The summed E-state index contributed by atoms with van der Waals surface area (Å²) in [5, 5.41) is 3.35. The first-order valence-corrected chi connectivity index (χ1v) is 7.58. The minimum absolute atomic E-state index is 0.105. The normalized spacial score (nSPS) is 11.5. The number of aromatic nitrogens is 2. The van der Waals surface area contributed by atoms with E-state index >= 15 is 0 Å². The van der Waals surface area contributed by atoms with Gasteiger partial charge in [-0.3, -0.25) is 0 Å². The summed E-state index contributed by atoms with van der Waals surface area (Å²) in [5.74, 6) is 1.56. The molecule has 0 aliphatic carbocycles. The Hall–Kier alpha value is -1.46. The smallest absolute Gasteiger partial charge is 0.137 e. The Balaban J connectivity index is 2.34. The molecule has 1 aromatic carbocycles. The molecule has 0 amide bonds. The van der Waals surface area contributed by atoms with E-state index in [1.165, 1.54) is 0 Å². The molecule has 0 spiro atoms. The Bertz CT molecular complexity index is 623. The molecule has 0 atom stereocenters. The monoisotopic (exact) mass is 349 g/mol. The van der Waals surface area contributed by atoms with Gasteiger partial charge in [-0.2, -0.15) is 0 Å². The summed E-state index contributed by atoms with van der Waals surface area (Å²) >= 11 is 3.45. The van der Waals surface area contributed by atoms with E-state index in [4.69, 9.17) is 4.74 Å². The lowest BCUT2D eigenvalue weighted by molar-refractivity contribution is 0.185. The molecule has 1 N–H and O–H groups in total. The third-order valence-corrected chi connectivity index (χ3v) is 3.35. The second kappa shape index (κ2) is 6.54. The van der Waals surface area contributed by atoms with Gasteiger partial charge < -0.3 is 10.1 Å². The third-order valence-electron chi connectivity index (χ3n) is 2.95. The minimum atomic E-state index is -0.105. The fourth-order valence-electron chi connectivity index (χ4n) is 1.88. The van der Waals surface area contributed by atoms with Crippen LogP contribution in [0.2, 0.25) is 0 Å². The lowest BCUT2D eigenvalue weighted by atomic mass is 9.96. The van der Waals surface area contributed by atoms with Crippen molar-refractivity contribution in [2.75, 3.05) is 12.4 Å². The van der Waals surface area contributed by atoms with Crippen molar-refractivity contribution in [2.24, 2.45) is 0 Å². The van der Waals surface area contributed by atoms with Gasteiger partial charge >= 0.3 is 0 Å². The van der Waals surface area contributed by atoms with Crippen LogP contribution in [0.4, 0.5) is 11.5 Å². The van der Waals surface area contributed by atoms with Crippen LogP contribution in [0.25, 0.3) is 0 Å². The van der Waals surface area contributed by atoms with Gasteiger partial charge in [0.05, 0.1) is 6.61 Å². The lowest BCUT2D eigenvalue weighted by Crippen LogP contribution is -2.17. The first-order valence-electron chi connectivity index (χ1n) is 6.79. The van der Waals surface area contributed by atoms with Crippen molar-refractivity contribution in [3.63, 3.8) is 0 Å². The molecule has 1 aromatic heterocycles. The van der Waals surface area contributed by atoms with E-state index in [0.717, 1.165) is 27.5 Å². The van der Waals surface area contributed by atoms with E-state index in [0.29, 0.717) is 6.61 Å². The molecule has 1 heterocycles. The summed E-state index contributed by atoms with van der Waals surface area (Å²) in [6.07, 6.45) is 0. The summed E-state index contributed by atoms with van der Waals surface area (Å²) < 4.78 is 6.00. The van der Waals surface area contributed by atoms with Gasteiger partial charge in [0.15, 0.2) is 0 Å². The molecule has 112 valence electrons. The van der Waals surface area contributed by atoms with Crippen molar-refractivity contribution in [1.82, 2.24) is 9.97 Å². The van der Waals surface area contributed by atoms with Crippen molar-refractivity contribution in [3.05, 3.63) is 46.3 Å². The van der Waals surface area contributed by atoms with Crippen molar-refractivity contribution < 1.29 is 4.74 Å². The summed E-state index contributed by atoms with van der Waals surface area (Å²) in [6.45, 7) is 6.84. The molecule has 0 saturated heterocycles. The first-order chi connectivity index (χ1) is 9.90. The van der Waals surface area contributed by atoms with E-state index in [1.807, 2.05) is 30.3 Å². The number of halogens is 1. The van der Waals surface area contributed by atoms with Crippen LogP contribution < -0.4 is 5.32 Å². The molecule has 4 nitrogen and oxygen atoms in total. The average Bonchev–Trinajstić information content (AvgIpc) is 2.40. The predicted molar refractivity (Wildman–Crippen MR) is 88.9 cm³/mol. The highest BCUT2D eigenvalue weighted by Gasteiger charge is 2.19. The summed E-state index contributed by atoms with van der Waals surface area (Å²) in [4.78, 5) is 9.05. The van der Waals surface area contributed by atoms with Crippen molar-refractivity contribution >= 4 is 27.4 Å². The molecule has 0 aliphatic rings. The third kappa shape index (κ3) is 4.25. The van der Waals surface area contributed by atoms with E-state index in [9.17, 15) is 0 Å². The SMILES string of the molecule is COCc1ccccc1Nc1cc(Br)nc(C(C)(C)C)n1. The standard InChI is InChI=1S/C16H20BrN3O/c1-16(2,3)15-19-13(17)9-14(20-15)18-12-8-6-5-7-11(12)10-21-4/h5-9H,10H2,1-4H3,(H,18,19,20). The van der Waals surface area contributed by atoms with E-state index in [2.05, 4.69) is 52.0 Å². The van der Waals surface area contributed by atoms with Gasteiger partial charge in [-0.05, 0) is 22.0 Å². The molecule has 0 radical (unpaired) electrons. The molecule has 21 heavy (non-hydrogen) atoms. The van der Waals surface area contributed by atoms with Gasteiger partial charge in [0.25, 0.3) is 0 Å². The number of nitrogens with zero attached hydrogens (tertiary/aromatic N) is 2. The van der Waals surface area contributed by atoms with E-state index in [1.54, 1.807) is 7.11 Å². The van der Waals surface area contributed by atoms with Crippen molar-refractivity contribution in [3.8, 4) is 0 Å². The van der Waals surface area contributed by atoms with Gasteiger partial charge in [0.2, 0.25) is 0 Å². The number of benzene rings is 1.